The van der Waals surface area contributed by atoms with Gasteiger partial charge in [0.05, 0.1) is 31.4 Å². The van der Waals surface area contributed by atoms with E-state index in [-0.39, 0.29) is 16.9 Å². The summed E-state index contributed by atoms with van der Waals surface area (Å²) in [6.45, 7) is 2.04. The molecule has 1 aliphatic heterocycles. The first-order valence-electron chi connectivity index (χ1n) is 10.5. The molecule has 3 aromatic rings. The van der Waals surface area contributed by atoms with Crippen LogP contribution in [0.5, 0.6) is 11.5 Å². The van der Waals surface area contributed by atoms with E-state index >= 15 is 0 Å². The highest BCUT2D eigenvalue weighted by Gasteiger charge is 2.47. The van der Waals surface area contributed by atoms with E-state index in [0.717, 1.165) is 12.0 Å². The minimum absolute atomic E-state index is 0.0303. The highest BCUT2D eigenvalue weighted by Crippen LogP contribution is 2.43. The van der Waals surface area contributed by atoms with Crippen molar-refractivity contribution in [1.29, 1.82) is 0 Å². The summed E-state index contributed by atoms with van der Waals surface area (Å²) in [6, 6.07) is 15.0. The minimum atomic E-state index is -0.837. The van der Waals surface area contributed by atoms with Crippen LogP contribution in [-0.4, -0.2) is 36.0 Å². The molecule has 1 N–H and O–H groups in total. The van der Waals surface area contributed by atoms with Crippen molar-refractivity contribution in [3.8, 4) is 11.5 Å². The normalized spacial score (nSPS) is 17.3. The Kier molecular flexibility index (Phi) is 6.13. The molecule has 0 saturated carbocycles. The van der Waals surface area contributed by atoms with Crippen LogP contribution in [0.4, 0.5) is 5.69 Å². The number of ketones is 1. The molecule has 1 fully saturated rings. The number of aryl methyl sites for hydroxylation is 1. The van der Waals surface area contributed by atoms with E-state index in [9.17, 15) is 14.7 Å². The standard InChI is InChI=1S/C26H24N2O5/c1-4-16-5-7-18(8-6-16)28-23(17-11-13-27-14-12-17)22(25(30)26(28)31)24(29)20-15-19(32-2)9-10-21(20)33-3/h5-15,23,29H,4H2,1-3H3/b24-22+. The predicted molar refractivity (Wildman–Crippen MR) is 124 cm³/mol. The van der Waals surface area contributed by atoms with Crippen molar-refractivity contribution in [3.63, 3.8) is 0 Å². The number of aliphatic hydroxyl groups is 1. The van der Waals surface area contributed by atoms with Gasteiger partial charge in [-0.2, -0.15) is 0 Å². The van der Waals surface area contributed by atoms with Gasteiger partial charge in [-0.25, -0.2) is 0 Å². The number of hydrogen-bond donors (Lipinski definition) is 1. The highest BCUT2D eigenvalue weighted by molar-refractivity contribution is 6.51. The Morgan fingerprint density at radius 3 is 2.30 bits per heavy atom. The maximum Gasteiger partial charge on any atom is 0.300 e. The van der Waals surface area contributed by atoms with Gasteiger partial charge in [0, 0.05) is 18.1 Å². The summed E-state index contributed by atoms with van der Waals surface area (Å²) in [5.74, 6) is -1.01. The van der Waals surface area contributed by atoms with Crippen LogP contribution in [0.1, 0.15) is 29.7 Å². The van der Waals surface area contributed by atoms with Crippen LogP contribution in [-0.2, 0) is 16.0 Å². The number of carbonyl (C=O) groups excluding carboxylic acids is 2. The molecule has 0 spiro atoms. The molecular formula is C26H24N2O5. The molecule has 2 aromatic carbocycles. The molecule has 0 aliphatic carbocycles. The molecule has 1 aromatic heterocycles. The monoisotopic (exact) mass is 444 g/mol. The summed E-state index contributed by atoms with van der Waals surface area (Å²) in [4.78, 5) is 32.0. The predicted octanol–water partition coefficient (Wildman–Crippen LogP) is 4.29. The summed E-state index contributed by atoms with van der Waals surface area (Å²) < 4.78 is 10.7. The lowest BCUT2D eigenvalue weighted by Gasteiger charge is -2.25. The quantitative estimate of drug-likeness (QED) is 0.347. The average Bonchev–Trinajstić information content (AvgIpc) is 3.14. The zero-order valence-corrected chi connectivity index (χ0v) is 18.6. The van der Waals surface area contributed by atoms with Crippen molar-refractivity contribution < 1.29 is 24.2 Å². The van der Waals surface area contributed by atoms with Crippen LogP contribution in [0.3, 0.4) is 0 Å². The van der Waals surface area contributed by atoms with Gasteiger partial charge in [0.2, 0.25) is 0 Å². The fraction of sp³-hybridized carbons (Fsp3) is 0.192. The zero-order valence-electron chi connectivity index (χ0n) is 18.6. The number of Topliss-reactive ketones (excluding diaryl/α,β-unsaturated/α-hetero) is 1. The Bertz CT molecular complexity index is 1220. The number of nitrogens with zero attached hydrogens (tertiary/aromatic N) is 2. The lowest BCUT2D eigenvalue weighted by atomic mass is 9.95. The zero-order chi connectivity index (χ0) is 23.5. The number of hydrogen-bond acceptors (Lipinski definition) is 6. The highest BCUT2D eigenvalue weighted by atomic mass is 16.5. The number of pyridine rings is 1. The maximum absolute atomic E-state index is 13.3. The molecule has 1 amide bonds. The lowest BCUT2D eigenvalue weighted by molar-refractivity contribution is -0.132. The molecule has 2 heterocycles. The van der Waals surface area contributed by atoms with Gasteiger partial charge in [0.1, 0.15) is 17.3 Å². The number of methoxy groups -OCH3 is 2. The van der Waals surface area contributed by atoms with Crippen molar-refractivity contribution in [3.05, 3.63) is 89.3 Å². The average molecular weight is 444 g/mol. The molecule has 33 heavy (non-hydrogen) atoms. The van der Waals surface area contributed by atoms with Gasteiger partial charge in [-0.15, -0.1) is 0 Å². The number of benzene rings is 2. The summed E-state index contributed by atoms with van der Waals surface area (Å²) in [5, 5.41) is 11.3. The fourth-order valence-electron chi connectivity index (χ4n) is 4.00. The van der Waals surface area contributed by atoms with Gasteiger partial charge in [-0.05, 0) is 60.0 Å². The molecule has 0 radical (unpaired) electrons. The number of ether oxygens (including phenoxy) is 2. The second kappa shape index (κ2) is 9.16. The number of aliphatic hydroxyl groups excluding tert-OH is 1. The summed E-state index contributed by atoms with van der Waals surface area (Å²) in [6.07, 6.45) is 4.02. The van der Waals surface area contributed by atoms with Crippen molar-refractivity contribution in [2.45, 2.75) is 19.4 Å². The van der Waals surface area contributed by atoms with Crippen molar-refractivity contribution >= 4 is 23.1 Å². The first kappa shape index (κ1) is 22.1. The second-order valence-electron chi connectivity index (χ2n) is 7.54. The van der Waals surface area contributed by atoms with E-state index in [0.29, 0.717) is 22.7 Å². The molecule has 4 rings (SSSR count). The van der Waals surface area contributed by atoms with Crippen molar-refractivity contribution in [2.75, 3.05) is 19.1 Å². The number of amides is 1. The molecule has 1 aliphatic rings. The molecule has 168 valence electrons. The third kappa shape index (κ3) is 3.93. The van der Waals surface area contributed by atoms with Gasteiger partial charge < -0.3 is 14.6 Å². The van der Waals surface area contributed by atoms with E-state index in [4.69, 9.17) is 9.47 Å². The Hall–Kier alpha value is -4.13. The first-order chi connectivity index (χ1) is 16.0. The molecular weight excluding hydrogens is 420 g/mol. The summed E-state index contributed by atoms with van der Waals surface area (Å²) >= 11 is 0. The van der Waals surface area contributed by atoms with Gasteiger partial charge in [0.15, 0.2) is 0 Å². The SMILES string of the molecule is CCc1ccc(N2C(=O)C(=O)/C(=C(/O)c3cc(OC)ccc3OC)C2c2ccncc2)cc1. The third-order valence-corrected chi connectivity index (χ3v) is 5.75. The number of carbonyl (C=O) groups is 2. The summed E-state index contributed by atoms with van der Waals surface area (Å²) in [5.41, 5.74) is 2.55. The van der Waals surface area contributed by atoms with Crippen LogP contribution in [0.2, 0.25) is 0 Å². The summed E-state index contributed by atoms with van der Waals surface area (Å²) in [7, 11) is 2.97. The van der Waals surface area contributed by atoms with E-state index in [1.165, 1.54) is 19.1 Å². The van der Waals surface area contributed by atoms with Crippen molar-refractivity contribution in [1.82, 2.24) is 4.98 Å². The Labute approximate surface area is 191 Å². The van der Waals surface area contributed by atoms with Gasteiger partial charge >= 0.3 is 0 Å². The molecule has 0 bridgehead atoms. The first-order valence-corrected chi connectivity index (χ1v) is 10.5. The molecule has 1 saturated heterocycles. The third-order valence-electron chi connectivity index (χ3n) is 5.75. The van der Waals surface area contributed by atoms with Crippen LogP contribution in [0.15, 0.2) is 72.6 Å². The fourth-order valence-corrected chi connectivity index (χ4v) is 4.00. The molecule has 7 nitrogen and oxygen atoms in total. The Balaban J connectivity index is 1.95. The van der Waals surface area contributed by atoms with E-state index < -0.39 is 17.7 Å². The molecule has 1 atom stereocenters. The smallest absolute Gasteiger partial charge is 0.300 e. The van der Waals surface area contributed by atoms with Crippen LogP contribution < -0.4 is 14.4 Å². The maximum atomic E-state index is 13.3. The number of anilines is 1. The van der Waals surface area contributed by atoms with Gasteiger partial charge in [-0.1, -0.05) is 19.1 Å². The van der Waals surface area contributed by atoms with Gasteiger partial charge in [-0.3, -0.25) is 19.5 Å². The lowest BCUT2D eigenvalue weighted by Crippen LogP contribution is -2.29. The van der Waals surface area contributed by atoms with E-state index in [2.05, 4.69) is 4.98 Å². The minimum Gasteiger partial charge on any atom is -0.507 e. The number of aromatic nitrogens is 1. The topological polar surface area (TPSA) is 89.0 Å². The van der Waals surface area contributed by atoms with Gasteiger partial charge in [0.25, 0.3) is 11.7 Å². The van der Waals surface area contributed by atoms with Crippen LogP contribution >= 0.6 is 0 Å². The largest absolute Gasteiger partial charge is 0.507 e. The van der Waals surface area contributed by atoms with Crippen LogP contribution in [0, 0.1) is 0 Å². The van der Waals surface area contributed by atoms with E-state index in [1.54, 1.807) is 42.7 Å². The van der Waals surface area contributed by atoms with E-state index in [1.807, 2.05) is 31.2 Å². The van der Waals surface area contributed by atoms with Crippen molar-refractivity contribution in [2.24, 2.45) is 0 Å². The number of rotatable bonds is 6. The second-order valence-corrected chi connectivity index (χ2v) is 7.54. The van der Waals surface area contributed by atoms with Crippen LogP contribution in [0.25, 0.3) is 5.76 Å². The Morgan fingerprint density at radius 1 is 1.00 bits per heavy atom. The molecule has 7 heteroatoms. The molecule has 1 unspecified atom stereocenters. The Morgan fingerprint density at radius 2 is 1.70 bits per heavy atom.